The van der Waals surface area contributed by atoms with E-state index in [0.717, 1.165) is 24.2 Å². The minimum absolute atomic E-state index is 0.250. The highest BCUT2D eigenvalue weighted by atomic mass is 16.5. The number of nitrogens with two attached hydrogens (primary N) is 1. The molecule has 0 spiro atoms. The Labute approximate surface area is 116 Å². The van der Waals surface area contributed by atoms with Crippen molar-refractivity contribution in [2.75, 3.05) is 7.11 Å². The van der Waals surface area contributed by atoms with Crippen LogP contribution in [0.2, 0.25) is 0 Å². The Morgan fingerprint density at radius 1 is 1.05 bits per heavy atom. The van der Waals surface area contributed by atoms with Gasteiger partial charge in [-0.05, 0) is 41.7 Å². The molecule has 1 heterocycles. The van der Waals surface area contributed by atoms with E-state index in [9.17, 15) is 0 Å². The molecule has 19 heavy (non-hydrogen) atoms. The molecule has 3 heteroatoms. The monoisotopic (exact) mass is 262 g/mol. The van der Waals surface area contributed by atoms with Crippen molar-refractivity contribution in [3.8, 4) is 5.75 Å². The number of rotatable bonds is 2. The van der Waals surface area contributed by atoms with Gasteiger partial charge in [0.1, 0.15) is 5.75 Å². The van der Waals surface area contributed by atoms with E-state index in [2.05, 4.69) is 32.7 Å². The molecule has 0 aliphatic heterocycles. The Hall–Kier alpha value is -1.09. The normalized spacial score (nSPS) is 23.9. The van der Waals surface area contributed by atoms with Crippen LogP contribution in [0.1, 0.15) is 52.5 Å². The lowest BCUT2D eigenvalue weighted by molar-refractivity contribution is 0.0468. The first-order chi connectivity index (χ1) is 8.66. The molecule has 106 valence electrons. The highest BCUT2D eigenvalue weighted by molar-refractivity contribution is 5.30. The standard InChI is InChI=1S/C16H26N2O/c1-14(2)9-15(3,4)11-16(17,10-14)12-6-13(19-5)8-18-7-12/h6-8H,9-11,17H2,1-5H3. The van der Waals surface area contributed by atoms with Crippen molar-refractivity contribution < 1.29 is 4.74 Å². The number of methoxy groups -OCH3 is 1. The number of hydrogen-bond acceptors (Lipinski definition) is 3. The second-order valence-corrected chi connectivity index (χ2v) is 7.63. The topological polar surface area (TPSA) is 48.1 Å². The Balaban J connectivity index is 2.40. The summed E-state index contributed by atoms with van der Waals surface area (Å²) < 4.78 is 5.28. The van der Waals surface area contributed by atoms with Gasteiger partial charge in [-0.3, -0.25) is 4.98 Å². The van der Waals surface area contributed by atoms with Crippen molar-refractivity contribution in [1.29, 1.82) is 0 Å². The number of ether oxygens (including phenoxy) is 1. The van der Waals surface area contributed by atoms with Crippen LogP contribution in [0.15, 0.2) is 18.5 Å². The molecule has 0 bridgehead atoms. The molecule has 2 rings (SSSR count). The summed E-state index contributed by atoms with van der Waals surface area (Å²) in [5.41, 5.74) is 8.04. The molecule has 0 aromatic carbocycles. The zero-order valence-electron chi connectivity index (χ0n) is 12.8. The van der Waals surface area contributed by atoms with Crippen LogP contribution >= 0.6 is 0 Å². The van der Waals surface area contributed by atoms with Crippen molar-refractivity contribution in [1.82, 2.24) is 4.98 Å². The van der Waals surface area contributed by atoms with Crippen molar-refractivity contribution in [2.45, 2.75) is 52.5 Å². The number of nitrogens with zero attached hydrogens (tertiary/aromatic N) is 1. The zero-order chi connectivity index (χ0) is 14.3. The molecular formula is C16H26N2O. The summed E-state index contributed by atoms with van der Waals surface area (Å²) in [5, 5.41) is 0. The van der Waals surface area contributed by atoms with E-state index >= 15 is 0 Å². The summed E-state index contributed by atoms with van der Waals surface area (Å²) in [6.45, 7) is 9.23. The van der Waals surface area contributed by atoms with Crippen LogP contribution in [-0.2, 0) is 5.54 Å². The van der Waals surface area contributed by atoms with Gasteiger partial charge in [-0.1, -0.05) is 27.7 Å². The third-order valence-electron chi connectivity index (χ3n) is 4.07. The predicted octanol–water partition coefficient (Wildman–Crippen LogP) is 3.48. The molecule has 1 aromatic heterocycles. The van der Waals surface area contributed by atoms with Gasteiger partial charge in [0, 0.05) is 11.7 Å². The average Bonchev–Trinajstić information content (AvgIpc) is 2.24. The summed E-state index contributed by atoms with van der Waals surface area (Å²) in [6.07, 6.45) is 6.79. The lowest BCUT2D eigenvalue weighted by Gasteiger charge is -2.50. The van der Waals surface area contributed by atoms with Crippen LogP contribution in [0.4, 0.5) is 0 Å². The molecule has 0 saturated heterocycles. The van der Waals surface area contributed by atoms with Crippen LogP contribution in [0.25, 0.3) is 0 Å². The quantitative estimate of drug-likeness (QED) is 0.887. The smallest absolute Gasteiger partial charge is 0.137 e. The SMILES string of the molecule is COc1cncc(C2(N)CC(C)(C)CC(C)(C)C2)c1. The Kier molecular flexibility index (Phi) is 3.38. The molecular weight excluding hydrogens is 236 g/mol. The van der Waals surface area contributed by atoms with Crippen LogP contribution < -0.4 is 10.5 Å². The summed E-state index contributed by atoms with van der Waals surface area (Å²) in [7, 11) is 1.67. The maximum absolute atomic E-state index is 6.76. The van der Waals surface area contributed by atoms with Gasteiger partial charge in [0.15, 0.2) is 0 Å². The summed E-state index contributed by atoms with van der Waals surface area (Å²) in [4.78, 5) is 4.27. The van der Waals surface area contributed by atoms with E-state index in [4.69, 9.17) is 10.5 Å². The van der Waals surface area contributed by atoms with E-state index in [0.29, 0.717) is 0 Å². The highest BCUT2D eigenvalue weighted by Gasteiger charge is 2.46. The maximum atomic E-state index is 6.76. The summed E-state index contributed by atoms with van der Waals surface area (Å²) >= 11 is 0. The van der Waals surface area contributed by atoms with E-state index in [1.165, 1.54) is 6.42 Å². The second kappa shape index (κ2) is 4.48. The number of hydrogen-bond donors (Lipinski definition) is 1. The molecule has 1 aromatic rings. The van der Waals surface area contributed by atoms with E-state index in [1.54, 1.807) is 13.3 Å². The number of pyridine rings is 1. The minimum atomic E-state index is -0.313. The lowest BCUT2D eigenvalue weighted by Crippen LogP contribution is -2.49. The zero-order valence-corrected chi connectivity index (χ0v) is 12.8. The molecule has 0 amide bonds. The lowest BCUT2D eigenvalue weighted by atomic mass is 9.57. The maximum Gasteiger partial charge on any atom is 0.137 e. The fraction of sp³-hybridized carbons (Fsp3) is 0.688. The highest BCUT2D eigenvalue weighted by Crippen LogP contribution is 2.52. The number of aromatic nitrogens is 1. The Morgan fingerprint density at radius 3 is 2.16 bits per heavy atom. The largest absolute Gasteiger partial charge is 0.495 e. The van der Waals surface area contributed by atoms with Crippen molar-refractivity contribution >= 4 is 0 Å². The third kappa shape index (κ3) is 3.08. The second-order valence-electron chi connectivity index (χ2n) is 7.63. The van der Waals surface area contributed by atoms with Gasteiger partial charge in [-0.25, -0.2) is 0 Å². The van der Waals surface area contributed by atoms with Gasteiger partial charge in [0.25, 0.3) is 0 Å². The fourth-order valence-corrected chi connectivity index (χ4v) is 4.20. The molecule has 1 saturated carbocycles. The molecule has 1 aliphatic carbocycles. The van der Waals surface area contributed by atoms with Crippen LogP contribution in [-0.4, -0.2) is 12.1 Å². The van der Waals surface area contributed by atoms with Crippen LogP contribution in [0, 0.1) is 10.8 Å². The fourth-order valence-electron chi connectivity index (χ4n) is 4.20. The van der Waals surface area contributed by atoms with Gasteiger partial charge in [-0.15, -0.1) is 0 Å². The van der Waals surface area contributed by atoms with E-state index in [-0.39, 0.29) is 16.4 Å². The van der Waals surface area contributed by atoms with Gasteiger partial charge >= 0.3 is 0 Å². The molecule has 1 fully saturated rings. The third-order valence-corrected chi connectivity index (χ3v) is 4.07. The molecule has 1 aliphatic rings. The minimum Gasteiger partial charge on any atom is -0.495 e. The molecule has 0 atom stereocenters. The summed E-state index contributed by atoms with van der Waals surface area (Å²) in [5.74, 6) is 0.781. The first-order valence-corrected chi connectivity index (χ1v) is 6.94. The van der Waals surface area contributed by atoms with Gasteiger partial charge in [0.2, 0.25) is 0 Å². The van der Waals surface area contributed by atoms with E-state index < -0.39 is 0 Å². The predicted molar refractivity (Wildman–Crippen MR) is 78.1 cm³/mol. The van der Waals surface area contributed by atoms with Crippen LogP contribution in [0.5, 0.6) is 5.75 Å². The summed E-state index contributed by atoms with van der Waals surface area (Å²) in [6, 6.07) is 2.03. The van der Waals surface area contributed by atoms with E-state index in [1.807, 2.05) is 12.3 Å². The van der Waals surface area contributed by atoms with Gasteiger partial charge < -0.3 is 10.5 Å². The van der Waals surface area contributed by atoms with Crippen molar-refractivity contribution in [3.63, 3.8) is 0 Å². The van der Waals surface area contributed by atoms with Crippen LogP contribution in [0.3, 0.4) is 0 Å². The van der Waals surface area contributed by atoms with Crippen molar-refractivity contribution in [3.05, 3.63) is 24.0 Å². The molecule has 3 nitrogen and oxygen atoms in total. The molecule has 0 unspecified atom stereocenters. The molecule has 0 radical (unpaired) electrons. The average molecular weight is 262 g/mol. The molecule has 2 N–H and O–H groups in total. The first kappa shape index (κ1) is 14.3. The first-order valence-electron chi connectivity index (χ1n) is 6.94. The Bertz CT molecular complexity index is 450. The van der Waals surface area contributed by atoms with Gasteiger partial charge in [-0.2, -0.15) is 0 Å². The van der Waals surface area contributed by atoms with Crippen molar-refractivity contribution in [2.24, 2.45) is 16.6 Å². The van der Waals surface area contributed by atoms with Gasteiger partial charge in [0.05, 0.1) is 13.3 Å². The Morgan fingerprint density at radius 2 is 1.63 bits per heavy atom.